The number of fused-ring (bicyclic) bond motifs is 1. The molecule has 0 aromatic heterocycles. The summed E-state index contributed by atoms with van der Waals surface area (Å²) in [5, 5.41) is 10.9. The van der Waals surface area contributed by atoms with Crippen LogP contribution >= 0.6 is 0 Å². The zero-order valence-electron chi connectivity index (χ0n) is 9.53. The summed E-state index contributed by atoms with van der Waals surface area (Å²) in [6, 6.07) is 3.38. The fourth-order valence-corrected chi connectivity index (χ4v) is 2.06. The third-order valence-corrected chi connectivity index (χ3v) is 3.10. The SMILES string of the molecule is COc1cc2c(cc1[N+](=O)[O-])C(C)=C(C)C2. The van der Waals surface area contributed by atoms with Gasteiger partial charge in [0.25, 0.3) is 0 Å². The van der Waals surface area contributed by atoms with Gasteiger partial charge in [-0.05, 0) is 43.0 Å². The number of nitrogens with zero attached hydrogens (tertiary/aromatic N) is 1. The van der Waals surface area contributed by atoms with Crippen LogP contribution in [0.15, 0.2) is 17.7 Å². The lowest BCUT2D eigenvalue weighted by atomic mass is 10.1. The van der Waals surface area contributed by atoms with E-state index < -0.39 is 4.92 Å². The minimum atomic E-state index is -0.403. The number of benzene rings is 1. The van der Waals surface area contributed by atoms with Gasteiger partial charge in [-0.3, -0.25) is 10.1 Å². The van der Waals surface area contributed by atoms with E-state index in [4.69, 9.17) is 4.74 Å². The van der Waals surface area contributed by atoms with Crippen molar-refractivity contribution < 1.29 is 9.66 Å². The van der Waals surface area contributed by atoms with Crippen molar-refractivity contribution in [3.63, 3.8) is 0 Å². The first-order valence-electron chi connectivity index (χ1n) is 5.06. The molecular weight excluding hydrogens is 206 g/mol. The summed E-state index contributed by atoms with van der Waals surface area (Å²) in [6.45, 7) is 4.05. The highest BCUT2D eigenvalue weighted by atomic mass is 16.6. The predicted octanol–water partition coefficient (Wildman–Crippen LogP) is 2.95. The average Bonchev–Trinajstić information content (AvgIpc) is 2.53. The van der Waals surface area contributed by atoms with Gasteiger partial charge in [0.05, 0.1) is 12.0 Å². The molecule has 2 rings (SSSR count). The minimum absolute atomic E-state index is 0.0373. The van der Waals surface area contributed by atoms with Crippen molar-refractivity contribution in [2.24, 2.45) is 0 Å². The van der Waals surface area contributed by atoms with Gasteiger partial charge < -0.3 is 4.74 Å². The molecule has 4 nitrogen and oxygen atoms in total. The lowest BCUT2D eigenvalue weighted by Crippen LogP contribution is -1.96. The number of methoxy groups -OCH3 is 1. The Bertz CT molecular complexity index is 503. The summed E-state index contributed by atoms with van der Waals surface area (Å²) in [4.78, 5) is 10.5. The Hall–Kier alpha value is -1.84. The second-order valence-electron chi connectivity index (χ2n) is 4.02. The summed E-state index contributed by atoms with van der Waals surface area (Å²) in [6.07, 6.45) is 0.857. The number of allylic oxidation sites excluding steroid dienone is 2. The number of nitro benzene ring substituents is 1. The van der Waals surface area contributed by atoms with Crippen LogP contribution in [0.2, 0.25) is 0 Å². The van der Waals surface area contributed by atoms with E-state index in [1.807, 2.05) is 13.8 Å². The summed E-state index contributed by atoms with van der Waals surface area (Å²) in [5.74, 6) is 0.339. The fraction of sp³-hybridized carbons (Fsp3) is 0.333. The average molecular weight is 219 g/mol. The molecule has 0 aliphatic heterocycles. The second-order valence-corrected chi connectivity index (χ2v) is 4.02. The minimum Gasteiger partial charge on any atom is -0.490 e. The van der Waals surface area contributed by atoms with Crippen molar-refractivity contribution in [1.82, 2.24) is 0 Å². The van der Waals surface area contributed by atoms with Crippen molar-refractivity contribution >= 4 is 11.3 Å². The van der Waals surface area contributed by atoms with Crippen LogP contribution in [0.4, 0.5) is 5.69 Å². The normalized spacial score (nSPS) is 13.9. The van der Waals surface area contributed by atoms with E-state index in [0.717, 1.165) is 23.1 Å². The van der Waals surface area contributed by atoms with Gasteiger partial charge in [0.15, 0.2) is 5.75 Å². The highest BCUT2D eigenvalue weighted by molar-refractivity contribution is 5.77. The molecule has 0 saturated heterocycles. The van der Waals surface area contributed by atoms with Gasteiger partial charge in [0, 0.05) is 6.07 Å². The van der Waals surface area contributed by atoms with E-state index in [1.165, 1.54) is 12.7 Å². The van der Waals surface area contributed by atoms with Crippen molar-refractivity contribution in [3.8, 4) is 5.75 Å². The van der Waals surface area contributed by atoms with Crippen LogP contribution in [0, 0.1) is 10.1 Å². The van der Waals surface area contributed by atoms with Crippen molar-refractivity contribution in [2.45, 2.75) is 20.3 Å². The lowest BCUT2D eigenvalue weighted by Gasteiger charge is -2.06. The molecule has 1 aromatic rings. The van der Waals surface area contributed by atoms with Crippen molar-refractivity contribution in [3.05, 3.63) is 38.9 Å². The zero-order chi connectivity index (χ0) is 11.9. The molecule has 1 aliphatic carbocycles. The van der Waals surface area contributed by atoms with Crippen LogP contribution in [-0.4, -0.2) is 12.0 Å². The largest absolute Gasteiger partial charge is 0.490 e. The van der Waals surface area contributed by atoms with Crippen LogP contribution in [0.5, 0.6) is 5.75 Å². The molecule has 0 spiro atoms. The van der Waals surface area contributed by atoms with E-state index in [2.05, 4.69) is 0 Å². The molecule has 1 aromatic carbocycles. The monoisotopic (exact) mass is 219 g/mol. The Morgan fingerprint density at radius 1 is 1.38 bits per heavy atom. The zero-order valence-corrected chi connectivity index (χ0v) is 9.53. The van der Waals surface area contributed by atoms with E-state index in [9.17, 15) is 10.1 Å². The Morgan fingerprint density at radius 3 is 2.62 bits per heavy atom. The first-order chi connectivity index (χ1) is 7.54. The molecule has 0 unspecified atom stereocenters. The van der Waals surface area contributed by atoms with E-state index >= 15 is 0 Å². The number of nitro groups is 1. The Morgan fingerprint density at radius 2 is 2.06 bits per heavy atom. The third-order valence-electron chi connectivity index (χ3n) is 3.10. The molecular formula is C12H13NO3. The van der Waals surface area contributed by atoms with Crippen LogP contribution in [0.3, 0.4) is 0 Å². The molecule has 16 heavy (non-hydrogen) atoms. The maximum absolute atomic E-state index is 10.9. The second kappa shape index (κ2) is 3.63. The van der Waals surface area contributed by atoms with Crippen LogP contribution in [0.1, 0.15) is 25.0 Å². The van der Waals surface area contributed by atoms with Gasteiger partial charge in [-0.2, -0.15) is 0 Å². The molecule has 0 N–H and O–H groups in total. The maximum Gasteiger partial charge on any atom is 0.311 e. The number of hydrogen-bond acceptors (Lipinski definition) is 3. The van der Waals surface area contributed by atoms with Crippen molar-refractivity contribution in [1.29, 1.82) is 0 Å². The van der Waals surface area contributed by atoms with Crippen LogP contribution < -0.4 is 4.74 Å². The third kappa shape index (κ3) is 1.46. The predicted molar refractivity (Wildman–Crippen MR) is 61.6 cm³/mol. The first kappa shape index (κ1) is 10.7. The topological polar surface area (TPSA) is 52.4 Å². The summed E-state index contributed by atoms with van der Waals surface area (Å²) >= 11 is 0. The maximum atomic E-state index is 10.9. The molecule has 0 heterocycles. The molecule has 0 atom stereocenters. The number of ether oxygens (including phenoxy) is 1. The summed E-state index contributed by atoms with van der Waals surface area (Å²) < 4.78 is 5.04. The van der Waals surface area contributed by atoms with Crippen molar-refractivity contribution in [2.75, 3.05) is 7.11 Å². The summed E-state index contributed by atoms with van der Waals surface area (Å²) in [7, 11) is 1.46. The quantitative estimate of drug-likeness (QED) is 0.567. The smallest absolute Gasteiger partial charge is 0.311 e. The molecule has 0 bridgehead atoms. The van der Waals surface area contributed by atoms with Gasteiger partial charge in [0.2, 0.25) is 0 Å². The fourth-order valence-electron chi connectivity index (χ4n) is 2.06. The number of rotatable bonds is 2. The highest BCUT2D eigenvalue weighted by Gasteiger charge is 2.23. The van der Waals surface area contributed by atoms with Crippen LogP contribution in [0.25, 0.3) is 5.57 Å². The van der Waals surface area contributed by atoms with Gasteiger partial charge in [-0.1, -0.05) is 5.57 Å². The van der Waals surface area contributed by atoms with Gasteiger partial charge in [-0.25, -0.2) is 0 Å². The van der Waals surface area contributed by atoms with Gasteiger partial charge in [-0.15, -0.1) is 0 Å². The molecule has 0 radical (unpaired) electrons. The van der Waals surface area contributed by atoms with Crippen LogP contribution in [-0.2, 0) is 6.42 Å². The van der Waals surface area contributed by atoms with E-state index in [-0.39, 0.29) is 5.69 Å². The Balaban J connectivity index is 2.62. The highest BCUT2D eigenvalue weighted by Crippen LogP contribution is 2.39. The van der Waals surface area contributed by atoms with E-state index in [1.54, 1.807) is 12.1 Å². The summed E-state index contributed by atoms with van der Waals surface area (Å²) in [5.41, 5.74) is 4.52. The Kier molecular flexibility index (Phi) is 2.42. The molecule has 0 amide bonds. The molecule has 0 saturated carbocycles. The Labute approximate surface area is 93.7 Å². The van der Waals surface area contributed by atoms with E-state index in [0.29, 0.717) is 5.75 Å². The molecule has 4 heteroatoms. The van der Waals surface area contributed by atoms with Gasteiger partial charge in [0.1, 0.15) is 0 Å². The lowest BCUT2D eigenvalue weighted by molar-refractivity contribution is -0.385. The van der Waals surface area contributed by atoms with Gasteiger partial charge >= 0.3 is 5.69 Å². The first-order valence-corrected chi connectivity index (χ1v) is 5.06. The molecule has 84 valence electrons. The number of hydrogen-bond donors (Lipinski definition) is 0. The molecule has 0 fully saturated rings. The molecule has 1 aliphatic rings. The standard InChI is InChI=1S/C12H13NO3/c1-7-4-9-5-12(16-3)11(13(14)15)6-10(9)8(7)2/h5-6H,4H2,1-3H3.